The second kappa shape index (κ2) is 6.43. The van der Waals surface area contributed by atoms with Crippen molar-refractivity contribution in [2.75, 3.05) is 20.3 Å². The van der Waals surface area contributed by atoms with Gasteiger partial charge < -0.3 is 19.3 Å². The predicted octanol–water partition coefficient (Wildman–Crippen LogP) is 2.34. The first-order valence-corrected chi connectivity index (χ1v) is 6.36. The van der Waals surface area contributed by atoms with Gasteiger partial charge in [-0.25, -0.2) is 4.79 Å². The largest absolute Gasteiger partial charge is 0.493 e. The molecule has 1 aliphatic heterocycles. The van der Waals surface area contributed by atoms with Crippen molar-refractivity contribution in [1.29, 1.82) is 0 Å². The van der Waals surface area contributed by atoms with E-state index >= 15 is 0 Å². The summed E-state index contributed by atoms with van der Waals surface area (Å²) >= 11 is 0. The van der Waals surface area contributed by atoms with Crippen LogP contribution >= 0.6 is 0 Å². The van der Waals surface area contributed by atoms with Crippen LogP contribution in [0.5, 0.6) is 11.5 Å². The summed E-state index contributed by atoms with van der Waals surface area (Å²) in [6, 6.07) is 4.58. The van der Waals surface area contributed by atoms with Crippen LogP contribution in [-0.4, -0.2) is 37.5 Å². The molecule has 0 amide bonds. The number of ether oxygens (including phenoxy) is 3. The summed E-state index contributed by atoms with van der Waals surface area (Å²) in [6.07, 6.45) is 3.23. The molecule has 1 unspecified atom stereocenters. The SMILES string of the molecule is COc1ccc(C(=O)O)cc1OCCC1CCCO1. The van der Waals surface area contributed by atoms with Crippen molar-refractivity contribution in [3.63, 3.8) is 0 Å². The highest BCUT2D eigenvalue weighted by Crippen LogP contribution is 2.28. The molecule has 1 atom stereocenters. The van der Waals surface area contributed by atoms with Gasteiger partial charge in [-0.15, -0.1) is 0 Å². The van der Waals surface area contributed by atoms with E-state index in [2.05, 4.69) is 0 Å². The minimum Gasteiger partial charge on any atom is -0.493 e. The van der Waals surface area contributed by atoms with Gasteiger partial charge in [0.1, 0.15) is 0 Å². The van der Waals surface area contributed by atoms with E-state index in [-0.39, 0.29) is 11.7 Å². The summed E-state index contributed by atoms with van der Waals surface area (Å²) < 4.78 is 16.3. The van der Waals surface area contributed by atoms with Crippen LogP contribution in [0.15, 0.2) is 18.2 Å². The highest BCUT2D eigenvalue weighted by molar-refractivity contribution is 5.88. The maximum absolute atomic E-state index is 10.9. The molecule has 19 heavy (non-hydrogen) atoms. The average Bonchev–Trinajstić information content (AvgIpc) is 2.91. The number of hydrogen-bond donors (Lipinski definition) is 1. The Hall–Kier alpha value is -1.75. The topological polar surface area (TPSA) is 65.0 Å². The first-order valence-electron chi connectivity index (χ1n) is 6.36. The molecule has 0 saturated carbocycles. The van der Waals surface area contributed by atoms with E-state index in [0.29, 0.717) is 18.1 Å². The highest BCUT2D eigenvalue weighted by atomic mass is 16.5. The lowest BCUT2D eigenvalue weighted by molar-refractivity contribution is 0.0695. The Morgan fingerprint density at radius 3 is 2.95 bits per heavy atom. The van der Waals surface area contributed by atoms with Gasteiger partial charge in [0.15, 0.2) is 11.5 Å². The van der Waals surface area contributed by atoms with Crippen LogP contribution in [0.25, 0.3) is 0 Å². The average molecular weight is 266 g/mol. The summed E-state index contributed by atoms with van der Waals surface area (Å²) in [6.45, 7) is 1.31. The standard InChI is InChI=1S/C14H18O5/c1-17-12-5-4-10(14(15)16)9-13(12)19-8-6-11-3-2-7-18-11/h4-5,9,11H,2-3,6-8H2,1H3,(H,15,16). The minimum atomic E-state index is -0.980. The number of hydrogen-bond acceptors (Lipinski definition) is 4. The van der Waals surface area contributed by atoms with E-state index in [1.165, 1.54) is 19.2 Å². The van der Waals surface area contributed by atoms with Crippen molar-refractivity contribution in [1.82, 2.24) is 0 Å². The van der Waals surface area contributed by atoms with Crippen molar-refractivity contribution in [2.24, 2.45) is 0 Å². The van der Waals surface area contributed by atoms with Crippen LogP contribution in [0.4, 0.5) is 0 Å². The number of rotatable bonds is 6. The van der Waals surface area contributed by atoms with Gasteiger partial charge in [0, 0.05) is 13.0 Å². The van der Waals surface area contributed by atoms with Gasteiger partial charge in [0.05, 0.1) is 25.4 Å². The summed E-state index contributed by atoms with van der Waals surface area (Å²) in [5, 5.41) is 8.95. The van der Waals surface area contributed by atoms with Gasteiger partial charge in [-0.3, -0.25) is 0 Å². The lowest BCUT2D eigenvalue weighted by Crippen LogP contribution is -2.11. The maximum Gasteiger partial charge on any atom is 0.335 e. The molecule has 104 valence electrons. The van der Waals surface area contributed by atoms with Crippen LogP contribution in [0.2, 0.25) is 0 Å². The second-order valence-corrected chi connectivity index (χ2v) is 4.44. The van der Waals surface area contributed by atoms with Crippen molar-refractivity contribution < 1.29 is 24.1 Å². The summed E-state index contributed by atoms with van der Waals surface area (Å²) in [7, 11) is 1.53. The molecule has 0 aromatic heterocycles. The number of carboxylic acid groups (broad SMARTS) is 1. The minimum absolute atomic E-state index is 0.188. The number of carbonyl (C=O) groups is 1. The van der Waals surface area contributed by atoms with Crippen LogP contribution in [-0.2, 0) is 4.74 Å². The normalized spacial score (nSPS) is 18.3. The molecule has 0 aliphatic carbocycles. The molecular weight excluding hydrogens is 248 g/mol. The maximum atomic E-state index is 10.9. The number of carboxylic acids is 1. The summed E-state index contributed by atoms with van der Waals surface area (Å²) in [4.78, 5) is 10.9. The third-order valence-electron chi connectivity index (χ3n) is 3.13. The molecule has 1 saturated heterocycles. The lowest BCUT2D eigenvalue weighted by Gasteiger charge is -2.13. The van der Waals surface area contributed by atoms with Gasteiger partial charge in [0.25, 0.3) is 0 Å². The Morgan fingerprint density at radius 1 is 1.47 bits per heavy atom. The van der Waals surface area contributed by atoms with Crippen molar-refractivity contribution >= 4 is 5.97 Å². The zero-order valence-electron chi connectivity index (χ0n) is 10.9. The molecule has 1 aromatic carbocycles. The van der Waals surface area contributed by atoms with E-state index in [4.69, 9.17) is 19.3 Å². The number of benzene rings is 1. The van der Waals surface area contributed by atoms with Gasteiger partial charge >= 0.3 is 5.97 Å². The van der Waals surface area contributed by atoms with Gasteiger partial charge in [0.2, 0.25) is 0 Å². The van der Waals surface area contributed by atoms with Crippen LogP contribution in [0.1, 0.15) is 29.6 Å². The Bertz CT molecular complexity index is 437. The fourth-order valence-corrected chi connectivity index (χ4v) is 2.09. The van der Waals surface area contributed by atoms with Crippen LogP contribution in [0.3, 0.4) is 0 Å². The second-order valence-electron chi connectivity index (χ2n) is 4.44. The van der Waals surface area contributed by atoms with Gasteiger partial charge in [-0.1, -0.05) is 0 Å². The Labute approximate surface area is 112 Å². The Balaban J connectivity index is 1.96. The molecule has 0 bridgehead atoms. The summed E-state index contributed by atoms with van der Waals surface area (Å²) in [5.74, 6) is 0.0179. The molecule has 5 nitrogen and oxygen atoms in total. The molecular formula is C14H18O5. The Morgan fingerprint density at radius 2 is 2.32 bits per heavy atom. The zero-order chi connectivity index (χ0) is 13.7. The van der Waals surface area contributed by atoms with Gasteiger partial charge in [-0.2, -0.15) is 0 Å². The van der Waals surface area contributed by atoms with E-state index in [1.54, 1.807) is 6.07 Å². The smallest absolute Gasteiger partial charge is 0.335 e. The van der Waals surface area contributed by atoms with E-state index in [1.807, 2.05) is 0 Å². The third-order valence-corrected chi connectivity index (χ3v) is 3.13. The van der Waals surface area contributed by atoms with E-state index in [0.717, 1.165) is 25.9 Å². The first-order chi connectivity index (χ1) is 9.20. The lowest BCUT2D eigenvalue weighted by atomic mass is 10.2. The molecule has 1 aliphatic rings. The molecule has 1 aromatic rings. The van der Waals surface area contributed by atoms with E-state index in [9.17, 15) is 4.79 Å². The number of aromatic carboxylic acids is 1. The molecule has 2 rings (SSSR count). The first kappa shape index (κ1) is 13.7. The zero-order valence-corrected chi connectivity index (χ0v) is 10.9. The van der Waals surface area contributed by atoms with E-state index < -0.39 is 5.97 Å². The molecule has 0 spiro atoms. The van der Waals surface area contributed by atoms with Crippen molar-refractivity contribution in [3.8, 4) is 11.5 Å². The fraction of sp³-hybridized carbons (Fsp3) is 0.500. The molecule has 1 N–H and O–H groups in total. The molecule has 1 fully saturated rings. The predicted molar refractivity (Wildman–Crippen MR) is 69.0 cm³/mol. The Kier molecular flexibility index (Phi) is 4.63. The van der Waals surface area contributed by atoms with Crippen LogP contribution in [0, 0.1) is 0 Å². The molecule has 5 heteroatoms. The molecule has 0 radical (unpaired) electrons. The number of methoxy groups -OCH3 is 1. The fourth-order valence-electron chi connectivity index (χ4n) is 2.09. The summed E-state index contributed by atoms with van der Waals surface area (Å²) in [5.41, 5.74) is 0.188. The van der Waals surface area contributed by atoms with Gasteiger partial charge in [-0.05, 0) is 31.0 Å². The monoisotopic (exact) mass is 266 g/mol. The van der Waals surface area contributed by atoms with Crippen molar-refractivity contribution in [2.45, 2.75) is 25.4 Å². The highest BCUT2D eigenvalue weighted by Gasteiger charge is 2.16. The quantitative estimate of drug-likeness (QED) is 0.856. The van der Waals surface area contributed by atoms with Crippen molar-refractivity contribution in [3.05, 3.63) is 23.8 Å². The third kappa shape index (κ3) is 3.61. The van der Waals surface area contributed by atoms with Crippen LogP contribution < -0.4 is 9.47 Å². The molecule has 1 heterocycles.